The van der Waals surface area contributed by atoms with Crippen molar-refractivity contribution in [3.05, 3.63) is 47.2 Å². The van der Waals surface area contributed by atoms with Crippen molar-refractivity contribution in [2.45, 2.75) is 44.8 Å². The molecule has 0 aliphatic carbocycles. The number of ether oxygens (including phenoxy) is 1. The van der Waals surface area contributed by atoms with Crippen molar-refractivity contribution in [2.75, 3.05) is 36.5 Å². The van der Waals surface area contributed by atoms with Crippen LogP contribution in [0.3, 0.4) is 0 Å². The van der Waals surface area contributed by atoms with Gasteiger partial charge in [0, 0.05) is 54.4 Å². The number of fused-ring (bicyclic) bond motifs is 4. The van der Waals surface area contributed by atoms with Crippen LogP contribution in [0.4, 0.5) is 11.5 Å². The molecular weight excluding hydrogens is 402 g/mol. The predicted octanol–water partition coefficient (Wildman–Crippen LogP) is 3.16. The van der Waals surface area contributed by atoms with Crippen LogP contribution in [0.15, 0.2) is 30.3 Å². The van der Waals surface area contributed by atoms with Gasteiger partial charge in [0.2, 0.25) is 0 Å². The summed E-state index contributed by atoms with van der Waals surface area (Å²) in [5.41, 5.74) is 4.23. The molecule has 4 heterocycles. The number of nitrogens with one attached hydrogen (secondary N) is 1. The van der Waals surface area contributed by atoms with Crippen molar-refractivity contribution in [3.63, 3.8) is 0 Å². The van der Waals surface area contributed by atoms with Gasteiger partial charge in [0.1, 0.15) is 11.6 Å². The van der Waals surface area contributed by atoms with Crippen molar-refractivity contribution in [1.82, 2.24) is 15.3 Å². The van der Waals surface area contributed by atoms with E-state index in [2.05, 4.69) is 33.3 Å². The summed E-state index contributed by atoms with van der Waals surface area (Å²) in [5, 5.41) is 16.5. The minimum Gasteiger partial charge on any atom is -0.508 e. The van der Waals surface area contributed by atoms with Crippen molar-refractivity contribution in [2.24, 2.45) is 0 Å². The molecule has 2 atom stereocenters. The molecule has 6 rings (SSSR count). The Labute approximate surface area is 188 Å². The van der Waals surface area contributed by atoms with Crippen LogP contribution in [0, 0.1) is 6.92 Å². The summed E-state index contributed by atoms with van der Waals surface area (Å²) < 4.78 is 5.50. The molecule has 0 radical (unpaired) electrons. The van der Waals surface area contributed by atoms with Crippen LogP contribution in [-0.4, -0.2) is 53.9 Å². The number of piperazine rings is 1. The smallest absolute Gasteiger partial charge is 0.318 e. The van der Waals surface area contributed by atoms with Gasteiger partial charge in [-0.25, -0.2) is 0 Å². The highest BCUT2D eigenvalue weighted by Crippen LogP contribution is 2.38. The average Bonchev–Trinajstić information content (AvgIpc) is 3.17. The van der Waals surface area contributed by atoms with Crippen molar-refractivity contribution < 1.29 is 9.84 Å². The van der Waals surface area contributed by atoms with Gasteiger partial charge in [0.05, 0.1) is 19.3 Å². The van der Waals surface area contributed by atoms with Crippen LogP contribution in [0.1, 0.15) is 29.7 Å². The molecular formula is C25H29N5O2. The Kier molecular flexibility index (Phi) is 4.61. The number of phenols is 1. The van der Waals surface area contributed by atoms with E-state index < -0.39 is 0 Å². The molecule has 3 aliphatic rings. The molecule has 2 N–H and O–H groups in total. The highest BCUT2D eigenvalue weighted by molar-refractivity contribution is 5.98. The molecule has 2 bridgehead atoms. The maximum Gasteiger partial charge on any atom is 0.318 e. The third kappa shape index (κ3) is 3.14. The van der Waals surface area contributed by atoms with Gasteiger partial charge >= 0.3 is 6.01 Å². The van der Waals surface area contributed by atoms with Gasteiger partial charge in [-0.2, -0.15) is 9.97 Å². The predicted molar refractivity (Wildman–Crippen MR) is 126 cm³/mol. The second-order valence-electron chi connectivity index (χ2n) is 9.26. The highest BCUT2D eigenvalue weighted by Gasteiger charge is 2.35. The first kappa shape index (κ1) is 19.6. The number of benzene rings is 2. The maximum absolute atomic E-state index is 10.6. The van der Waals surface area contributed by atoms with Crippen LogP contribution in [0.25, 0.3) is 10.8 Å². The topological polar surface area (TPSA) is 73.8 Å². The number of methoxy groups -OCH3 is 1. The van der Waals surface area contributed by atoms with E-state index in [1.807, 2.05) is 19.1 Å². The first-order valence-corrected chi connectivity index (χ1v) is 11.5. The number of phenolic OH excluding ortho intramolecular Hbond substituents is 1. The second-order valence-corrected chi connectivity index (χ2v) is 9.26. The molecule has 166 valence electrons. The highest BCUT2D eigenvalue weighted by atomic mass is 16.5. The zero-order valence-electron chi connectivity index (χ0n) is 18.6. The van der Waals surface area contributed by atoms with Crippen LogP contribution >= 0.6 is 0 Å². The van der Waals surface area contributed by atoms with E-state index in [4.69, 9.17) is 14.7 Å². The molecule has 1 aromatic heterocycles. The number of hydrogen-bond acceptors (Lipinski definition) is 7. The Hall–Kier alpha value is -3.06. The van der Waals surface area contributed by atoms with Crippen molar-refractivity contribution in [1.29, 1.82) is 0 Å². The lowest BCUT2D eigenvalue weighted by Crippen LogP contribution is -2.52. The number of aryl methyl sites for hydroxylation is 1. The number of nitrogens with zero attached hydrogens (tertiary/aromatic N) is 4. The number of aromatic hydroxyl groups is 1. The molecule has 0 amide bonds. The number of anilines is 2. The molecule has 7 heteroatoms. The SMILES string of the molecule is COc1nc2c(c(N3CC4CCC(C3)N4)n1)CCN(c1cc(O)c(C)c3ccccc13)C2. The summed E-state index contributed by atoms with van der Waals surface area (Å²) in [4.78, 5) is 14.3. The third-order valence-electron chi connectivity index (χ3n) is 7.33. The van der Waals surface area contributed by atoms with Gasteiger partial charge in [-0.05, 0) is 37.1 Å². The first-order chi connectivity index (χ1) is 15.6. The van der Waals surface area contributed by atoms with E-state index in [9.17, 15) is 5.11 Å². The quantitative estimate of drug-likeness (QED) is 0.660. The molecule has 2 unspecified atom stereocenters. The fraction of sp³-hybridized carbons (Fsp3) is 0.440. The zero-order valence-corrected chi connectivity index (χ0v) is 18.6. The largest absolute Gasteiger partial charge is 0.508 e. The fourth-order valence-electron chi connectivity index (χ4n) is 5.67. The van der Waals surface area contributed by atoms with Crippen LogP contribution < -0.4 is 19.9 Å². The van der Waals surface area contributed by atoms with E-state index in [1.54, 1.807) is 7.11 Å². The summed E-state index contributed by atoms with van der Waals surface area (Å²) in [6, 6.07) is 11.7. The van der Waals surface area contributed by atoms with E-state index in [0.717, 1.165) is 59.6 Å². The molecule has 0 spiro atoms. The standard InChI is InChI=1S/C25H29N5O2/c1-15-18-5-3-4-6-19(18)22(11-23(15)31)29-10-9-20-21(14-29)27-25(32-2)28-24(20)30-12-16-7-8-17(13-30)26-16/h3-6,11,16-17,26,31H,7-10,12-14H2,1-2H3. The Morgan fingerprint density at radius 1 is 1.06 bits per heavy atom. The van der Waals surface area contributed by atoms with E-state index in [-0.39, 0.29) is 0 Å². The van der Waals surface area contributed by atoms with Gasteiger partial charge in [-0.3, -0.25) is 0 Å². The van der Waals surface area contributed by atoms with E-state index in [1.165, 1.54) is 18.4 Å². The Morgan fingerprint density at radius 2 is 1.81 bits per heavy atom. The van der Waals surface area contributed by atoms with Crippen LogP contribution in [0.5, 0.6) is 11.8 Å². The van der Waals surface area contributed by atoms with E-state index >= 15 is 0 Å². The average molecular weight is 432 g/mol. The molecule has 3 aromatic rings. The lowest BCUT2D eigenvalue weighted by Gasteiger charge is -2.37. The Bertz CT molecular complexity index is 1180. The van der Waals surface area contributed by atoms with Crippen molar-refractivity contribution >= 4 is 22.3 Å². The lowest BCUT2D eigenvalue weighted by molar-refractivity contribution is 0.374. The summed E-state index contributed by atoms with van der Waals surface area (Å²) >= 11 is 0. The Balaban J connectivity index is 1.39. The summed E-state index contributed by atoms with van der Waals surface area (Å²) in [5.74, 6) is 1.38. The molecule has 3 aliphatic heterocycles. The summed E-state index contributed by atoms with van der Waals surface area (Å²) in [6.45, 7) is 5.48. The number of aromatic nitrogens is 2. The minimum absolute atomic E-state index is 0.335. The number of hydrogen-bond donors (Lipinski definition) is 2. The monoisotopic (exact) mass is 431 g/mol. The number of rotatable bonds is 3. The normalized spacial score (nSPS) is 22.3. The molecule has 2 fully saturated rings. The lowest BCUT2D eigenvalue weighted by atomic mass is 9.99. The summed E-state index contributed by atoms with van der Waals surface area (Å²) in [6.07, 6.45) is 3.35. The van der Waals surface area contributed by atoms with Gasteiger partial charge < -0.3 is 25.0 Å². The molecule has 2 aromatic carbocycles. The van der Waals surface area contributed by atoms with Crippen molar-refractivity contribution in [3.8, 4) is 11.8 Å². The minimum atomic E-state index is 0.335. The second kappa shape index (κ2) is 7.52. The molecule has 0 saturated carbocycles. The first-order valence-electron chi connectivity index (χ1n) is 11.5. The van der Waals surface area contributed by atoms with Gasteiger partial charge in [0.25, 0.3) is 0 Å². The summed E-state index contributed by atoms with van der Waals surface area (Å²) in [7, 11) is 1.64. The van der Waals surface area contributed by atoms with Crippen LogP contribution in [0.2, 0.25) is 0 Å². The third-order valence-corrected chi connectivity index (χ3v) is 7.33. The molecule has 2 saturated heterocycles. The molecule has 7 nitrogen and oxygen atoms in total. The van der Waals surface area contributed by atoms with Gasteiger partial charge in [-0.15, -0.1) is 0 Å². The zero-order chi connectivity index (χ0) is 21.8. The molecule has 32 heavy (non-hydrogen) atoms. The van der Waals surface area contributed by atoms with E-state index in [0.29, 0.717) is 30.4 Å². The Morgan fingerprint density at radius 3 is 2.56 bits per heavy atom. The van der Waals surface area contributed by atoms with Gasteiger partial charge in [-0.1, -0.05) is 24.3 Å². The van der Waals surface area contributed by atoms with Crippen LogP contribution in [-0.2, 0) is 13.0 Å². The van der Waals surface area contributed by atoms with Gasteiger partial charge in [0.15, 0.2) is 0 Å². The fourth-order valence-corrected chi connectivity index (χ4v) is 5.67. The maximum atomic E-state index is 10.6.